The molecule has 0 spiro atoms. The third kappa shape index (κ3) is 3.91. The van der Waals surface area contributed by atoms with Crippen molar-refractivity contribution >= 4 is 23.3 Å². The monoisotopic (exact) mass is 332 g/mol. The van der Waals surface area contributed by atoms with Gasteiger partial charge >= 0.3 is 5.97 Å². The minimum absolute atomic E-state index is 0.307. The van der Waals surface area contributed by atoms with Gasteiger partial charge < -0.3 is 15.4 Å². The Balaban J connectivity index is 2.51. The topological polar surface area (TPSA) is 50.4 Å². The fourth-order valence-corrected chi connectivity index (χ4v) is 2.89. The number of rotatable bonds is 2. The molecule has 5 heteroatoms. The molecular formula is C18H24N2O2S. The van der Waals surface area contributed by atoms with Crippen LogP contribution in [0.25, 0.3) is 0 Å². The first-order valence-electron chi connectivity index (χ1n) is 7.68. The van der Waals surface area contributed by atoms with Crippen LogP contribution in [0.5, 0.6) is 0 Å². The second-order valence-corrected chi connectivity index (χ2v) is 7.27. The molecule has 1 aromatic carbocycles. The minimum Gasteiger partial charge on any atom is -0.456 e. The van der Waals surface area contributed by atoms with Gasteiger partial charge in [-0.25, -0.2) is 4.79 Å². The Labute approximate surface area is 143 Å². The van der Waals surface area contributed by atoms with Gasteiger partial charge in [0.1, 0.15) is 5.60 Å². The molecule has 23 heavy (non-hydrogen) atoms. The second-order valence-electron chi connectivity index (χ2n) is 6.86. The van der Waals surface area contributed by atoms with Gasteiger partial charge in [-0.1, -0.05) is 18.2 Å². The predicted molar refractivity (Wildman–Crippen MR) is 96.1 cm³/mol. The Bertz CT molecular complexity index is 687. The van der Waals surface area contributed by atoms with E-state index in [1.165, 1.54) is 5.56 Å². The molecule has 4 nitrogen and oxygen atoms in total. The van der Waals surface area contributed by atoms with E-state index in [0.29, 0.717) is 10.7 Å². The Morgan fingerprint density at radius 3 is 2.48 bits per heavy atom. The summed E-state index contributed by atoms with van der Waals surface area (Å²) in [5, 5.41) is 6.75. The van der Waals surface area contributed by atoms with Gasteiger partial charge in [-0.15, -0.1) is 0 Å². The number of aryl methyl sites for hydroxylation is 1. The molecule has 1 aliphatic rings. The highest BCUT2D eigenvalue weighted by atomic mass is 32.1. The average Bonchev–Trinajstić information content (AvgIpc) is 2.38. The van der Waals surface area contributed by atoms with E-state index in [1.807, 2.05) is 39.8 Å². The van der Waals surface area contributed by atoms with E-state index >= 15 is 0 Å². The van der Waals surface area contributed by atoms with Crippen LogP contribution in [-0.2, 0) is 9.53 Å². The van der Waals surface area contributed by atoms with Crippen molar-refractivity contribution in [3.05, 3.63) is 46.2 Å². The molecule has 0 aromatic heterocycles. The molecule has 0 amide bonds. The number of hydrogen-bond donors (Lipinski definition) is 2. The molecule has 2 N–H and O–H groups in total. The van der Waals surface area contributed by atoms with Crippen LogP contribution in [0.3, 0.4) is 0 Å². The van der Waals surface area contributed by atoms with E-state index < -0.39 is 5.60 Å². The van der Waals surface area contributed by atoms with Gasteiger partial charge in [0.2, 0.25) is 0 Å². The summed E-state index contributed by atoms with van der Waals surface area (Å²) in [4.78, 5) is 12.7. The molecule has 0 aliphatic carbocycles. The number of benzene rings is 1. The van der Waals surface area contributed by atoms with Crippen molar-refractivity contribution in [2.45, 2.75) is 53.2 Å². The van der Waals surface area contributed by atoms with E-state index in [9.17, 15) is 4.79 Å². The van der Waals surface area contributed by atoms with Crippen molar-refractivity contribution < 1.29 is 9.53 Å². The summed E-state index contributed by atoms with van der Waals surface area (Å²) in [5.41, 5.74) is 4.11. The lowest BCUT2D eigenvalue weighted by Crippen LogP contribution is -2.46. The quantitative estimate of drug-likeness (QED) is 0.642. The first kappa shape index (κ1) is 17.5. The molecule has 1 aliphatic heterocycles. The number of nitrogens with one attached hydrogen (secondary N) is 2. The number of ether oxygens (including phenoxy) is 1. The van der Waals surface area contributed by atoms with Crippen molar-refractivity contribution in [2.75, 3.05) is 0 Å². The van der Waals surface area contributed by atoms with Gasteiger partial charge in [-0.3, -0.25) is 0 Å². The zero-order valence-electron chi connectivity index (χ0n) is 14.5. The fourth-order valence-electron chi connectivity index (χ4n) is 2.62. The molecule has 1 aromatic rings. The Morgan fingerprint density at radius 2 is 1.87 bits per heavy atom. The van der Waals surface area contributed by atoms with Crippen LogP contribution in [-0.4, -0.2) is 16.7 Å². The lowest BCUT2D eigenvalue weighted by atomic mass is 9.90. The largest absolute Gasteiger partial charge is 0.456 e. The van der Waals surface area contributed by atoms with Crippen LogP contribution in [0, 0.1) is 13.8 Å². The summed E-state index contributed by atoms with van der Waals surface area (Å²) >= 11 is 5.28. The molecule has 124 valence electrons. The maximum Gasteiger partial charge on any atom is 0.338 e. The summed E-state index contributed by atoms with van der Waals surface area (Å²) in [6, 6.07) is 5.76. The van der Waals surface area contributed by atoms with Gasteiger partial charge in [-0.05, 0) is 70.5 Å². The van der Waals surface area contributed by atoms with Crippen molar-refractivity contribution in [2.24, 2.45) is 0 Å². The summed E-state index contributed by atoms with van der Waals surface area (Å²) in [6.45, 7) is 11.6. The second kappa shape index (κ2) is 6.32. The number of carbonyl (C=O) groups excluding carboxylic acids is 1. The standard InChI is InChI=1S/C18H24N2O2S/c1-10-8-7-9-13(11(10)2)15-14(12(3)19-17(23)20-15)16(21)22-18(4,5)6/h7-9,15H,1-6H3,(H2,19,20,23). The van der Waals surface area contributed by atoms with Crippen LogP contribution in [0.4, 0.5) is 0 Å². The van der Waals surface area contributed by atoms with Gasteiger partial charge in [0.15, 0.2) is 5.11 Å². The van der Waals surface area contributed by atoms with Crippen LogP contribution in [0.1, 0.15) is 50.4 Å². The highest BCUT2D eigenvalue weighted by Crippen LogP contribution is 2.31. The van der Waals surface area contributed by atoms with Crippen LogP contribution in [0.2, 0.25) is 0 Å². The first-order chi connectivity index (χ1) is 10.6. The average molecular weight is 332 g/mol. The molecule has 0 saturated heterocycles. The third-order valence-electron chi connectivity index (χ3n) is 3.85. The Hall–Kier alpha value is -1.88. The summed E-state index contributed by atoms with van der Waals surface area (Å²) in [7, 11) is 0. The summed E-state index contributed by atoms with van der Waals surface area (Å²) < 4.78 is 5.58. The van der Waals surface area contributed by atoms with Crippen LogP contribution >= 0.6 is 12.2 Å². The predicted octanol–water partition coefficient (Wildman–Crippen LogP) is 3.44. The van der Waals surface area contributed by atoms with Crippen molar-refractivity contribution in [1.82, 2.24) is 10.6 Å². The highest BCUT2D eigenvalue weighted by Gasteiger charge is 2.33. The maximum atomic E-state index is 12.7. The Morgan fingerprint density at radius 1 is 1.22 bits per heavy atom. The van der Waals surface area contributed by atoms with E-state index in [2.05, 4.69) is 30.5 Å². The molecule has 1 atom stereocenters. The third-order valence-corrected chi connectivity index (χ3v) is 4.07. The molecular weight excluding hydrogens is 308 g/mol. The zero-order chi connectivity index (χ0) is 17.4. The van der Waals surface area contributed by atoms with E-state index in [-0.39, 0.29) is 12.0 Å². The van der Waals surface area contributed by atoms with Crippen molar-refractivity contribution in [3.63, 3.8) is 0 Å². The Kier molecular flexibility index (Phi) is 4.80. The zero-order valence-corrected chi connectivity index (χ0v) is 15.4. The van der Waals surface area contributed by atoms with Gasteiger partial charge in [0.05, 0.1) is 11.6 Å². The number of esters is 1. The number of allylic oxidation sites excluding steroid dienone is 1. The number of thiocarbonyl (C=S) groups is 1. The van der Waals surface area contributed by atoms with Crippen LogP contribution < -0.4 is 10.6 Å². The number of carbonyl (C=O) groups is 1. The molecule has 1 heterocycles. The van der Waals surface area contributed by atoms with Crippen molar-refractivity contribution in [3.8, 4) is 0 Å². The smallest absolute Gasteiger partial charge is 0.338 e. The number of hydrogen-bond acceptors (Lipinski definition) is 3. The summed E-state index contributed by atoms with van der Waals surface area (Å²) in [6.07, 6.45) is 0. The summed E-state index contributed by atoms with van der Waals surface area (Å²) in [5.74, 6) is -0.330. The van der Waals surface area contributed by atoms with E-state index in [0.717, 1.165) is 16.8 Å². The lowest BCUT2D eigenvalue weighted by Gasteiger charge is -2.32. The molecule has 2 rings (SSSR count). The normalized spacial score (nSPS) is 18.3. The van der Waals surface area contributed by atoms with Gasteiger partial charge in [0, 0.05) is 5.70 Å². The van der Waals surface area contributed by atoms with Crippen LogP contribution in [0.15, 0.2) is 29.5 Å². The SMILES string of the molecule is CC1=C(C(=O)OC(C)(C)C)C(c2cccc(C)c2C)NC(=S)N1. The van der Waals surface area contributed by atoms with Crippen molar-refractivity contribution in [1.29, 1.82) is 0 Å². The molecule has 0 saturated carbocycles. The lowest BCUT2D eigenvalue weighted by molar-refractivity contribution is -0.150. The van der Waals surface area contributed by atoms with Gasteiger partial charge in [0.25, 0.3) is 0 Å². The van der Waals surface area contributed by atoms with E-state index in [4.69, 9.17) is 17.0 Å². The molecule has 1 unspecified atom stereocenters. The first-order valence-corrected chi connectivity index (χ1v) is 8.08. The van der Waals surface area contributed by atoms with Gasteiger partial charge in [-0.2, -0.15) is 0 Å². The molecule has 0 fully saturated rings. The minimum atomic E-state index is -0.547. The molecule has 0 bridgehead atoms. The highest BCUT2D eigenvalue weighted by molar-refractivity contribution is 7.80. The maximum absolute atomic E-state index is 12.7. The fraction of sp³-hybridized carbons (Fsp3) is 0.444. The molecule has 0 radical (unpaired) electrons. The van der Waals surface area contributed by atoms with E-state index in [1.54, 1.807) is 0 Å².